The van der Waals surface area contributed by atoms with Gasteiger partial charge in [0.15, 0.2) is 5.82 Å². The second kappa shape index (κ2) is 17.4. The first-order valence-corrected chi connectivity index (χ1v) is 20.5. The average Bonchev–Trinajstić information content (AvgIpc) is 3.23. The zero-order valence-electron chi connectivity index (χ0n) is 32.9. The maximum atomic E-state index is 15.7. The van der Waals surface area contributed by atoms with Crippen LogP contribution in [-0.2, 0) is 14.4 Å². The summed E-state index contributed by atoms with van der Waals surface area (Å²) < 4.78 is 63.1. The summed E-state index contributed by atoms with van der Waals surface area (Å²) in [6.07, 6.45) is 7.16. The fourth-order valence-corrected chi connectivity index (χ4v) is 8.91. The van der Waals surface area contributed by atoms with E-state index in [1.54, 1.807) is 53.6 Å². The van der Waals surface area contributed by atoms with Gasteiger partial charge in [0.25, 0.3) is 11.5 Å². The number of amides is 3. The van der Waals surface area contributed by atoms with Gasteiger partial charge in [0.05, 0.1) is 24.5 Å². The highest BCUT2D eigenvalue weighted by Gasteiger charge is 2.48. The summed E-state index contributed by atoms with van der Waals surface area (Å²) >= 11 is 0. The average molecular weight is 830 g/mol. The van der Waals surface area contributed by atoms with Gasteiger partial charge in [0.1, 0.15) is 17.6 Å². The van der Waals surface area contributed by atoms with Crippen molar-refractivity contribution in [3.63, 3.8) is 0 Å². The predicted molar refractivity (Wildman–Crippen MR) is 217 cm³/mol. The van der Waals surface area contributed by atoms with Gasteiger partial charge in [0.2, 0.25) is 23.7 Å². The molecule has 0 radical (unpaired) electrons. The van der Waals surface area contributed by atoms with Gasteiger partial charge in [-0.05, 0) is 101 Å². The first-order valence-electron chi connectivity index (χ1n) is 20.5. The van der Waals surface area contributed by atoms with Crippen LogP contribution in [0.5, 0.6) is 0 Å². The molecule has 0 spiro atoms. The van der Waals surface area contributed by atoms with Crippen molar-refractivity contribution in [3.8, 4) is 16.9 Å². The van der Waals surface area contributed by atoms with Gasteiger partial charge in [-0.1, -0.05) is 18.2 Å². The Labute approximate surface area is 344 Å². The maximum absolute atomic E-state index is 15.7. The Morgan fingerprint density at radius 3 is 2.33 bits per heavy atom. The molecule has 316 valence electrons. The van der Waals surface area contributed by atoms with Gasteiger partial charge >= 0.3 is 0 Å². The fraction of sp³-hybridized carbons (Fsp3) is 0.442. The molecule has 17 heteroatoms. The standard InChI is InChI=1S/C43H47F4N9O4/c44-32-23-30(49-34-12-14-37(57)52-41(34)60)11-13-35(32)55-21-17-36(43(46,47)25-55)54-19-15-26(16-20-54)40(59)50-28-7-9-29(10-8-28)51-42-48-24-33(45)39(53-42)27-4-3-5-31(22-27)56-18-2-1-6-38(56)58/h1-6,11,13,18,22-24,26,28-29,34,36,49H,7-10,12,14-17,19-21,25H2,(H,50,59)(H,48,51,53)(H,52,57,60)/t28-,29-,34?,36?. The number of imide groups is 1. The Balaban J connectivity index is 0.785. The van der Waals surface area contributed by atoms with Gasteiger partial charge in [-0.25, -0.2) is 27.5 Å². The Bertz CT molecular complexity index is 2290. The third kappa shape index (κ3) is 9.15. The van der Waals surface area contributed by atoms with Crippen molar-refractivity contribution in [2.75, 3.05) is 41.7 Å². The molecule has 4 aromatic rings. The lowest BCUT2D eigenvalue weighted by Crippen LogP contribution is -2.60. The number of rotatable bonds is 10. The highest BCUT2D eigenvalue weighted by molar-refractivity contribution is 6.01. The number of carbonyl (C=O) groups is 3. The topological polar surface area (TPSA) is 154 Å². The second-order valence-electron chi connectivity index (χ2n) is 16.2. The number of anilines is 3. The van der Waals surface area contributed by atoms with Gasteiger partial charge in [-0.2, -0.15) is 0 Å². The van der Waals surface area contributed by atoms with E-state index >= 15 is 13.2 Å². The monoisotopic (exact) mass is 829 g/mol. The number of halogens is 4. The van der Waals surface area contributed by atoms with E-state index in [2.05, 4.69) is 31.2 Å². The number of benzene rings is 2. The van der Waals surface area contributed by atoms with E-state index < -0.39 is 42.1 Å². The molecule has 4 aliphatic rings. The number of aromatic nitrogens is 3. The summed E-state index contributed by atoms with van der Waals surface area (Å²) in [7, 11) is 0. The smallest absolute Gasteiger partial charge is 0.280 e. The number of alkyl halides is 2. The molecule has 2 unspecified atom stereocenters. The minimum absolute atomic E-state index is 0.0138. The molecule has 3 amide bonds. The normalized spacial score (nSPS) is 23.8. The van der Waals surface area contributed by atoms with Crippen LogP contribution in [0.15, 0.2) is 77.9 Å². The van der Waals surface area contributed by atoms with E-state index in [1.165, 1.54) is 27.7 Å². The van der Waals surface area contributed by atoms with Crippen LogP contribution in [0.1, 0.15) is 57.8 Å². The molecule has 3 aliphatic heterocycles. The molecule has 13 nitrogen and oxygen atoms in total. The molecule has 8 rings (SSSR count). The summed E-state index contributed by atoms with van der Waals surface area (Å²) in [6, 6.07) is 14.2. The van der Waals surface area contributed by atoms with Crippen molar-refractivity contribution < 1.29 is 31.9 Å². The molecule has 5 heterocycles. The van der Waals surface area contributed by atoms with E-state index in [9.17, 15) is 23.6 Å². The third-order valence-corrected chi connectivity index (χ3v) is 12.1. The highest BCUT2D eigenvalue weighted by atomic mass is 19.3. The first-order chi connectivity index (χ1) is 28.9. The van der Waals surface area contributed by atoms with Crippen LogP contribution in [0, 0.1) is 17.6 Å². The van der Waals surface area contributed by atoms with E-state index in [4.69, 9.17) is 0 Å². The minimum atomic E-state index is -3.12. The summed E-state index contributed by atoms with van der Waals surface area (Å²) in [6.45, 7) is 0.306. The molecular formula is C43H47F4N9O4. The maximum Gasteiger partial charge on any atom is 0.280 e. The first kappa shape index (κ1) is 40.9. The van der Waals surface area contributed by atoms with Crippen LogP contribution in [0.3, 0.4) is 0 Å². The molecule has 2 atom stereocenters. The zero-order valence-corrected chi connectivity index (χ0v) is 32.9. The SMILES string of the molecule is O=C1CCC(Nc2ccc(N3CCC(N4CCC(C(=O)N[C@H]5CC[C@H](Nc6ncc(F)c(-c7cccc(-n8ccccc8=O)c7)n6)CC5)CC4)C(F)(F)C3)c(F)c2)C(=O)N1. The number of nitrogens with one attached hydrogen (secondary N) is 4. The number of nitrogens with zero attached hydrogens (tertiary/aromatic N) is 5. The number of hydrogen-bond donors (Lipinski definition) is 4. The van der Waals surface area contributed by atoms with Crippen molar-refractivity contribution in [1.29, 1.82) is 0 Å². The third-order valence-electron chi connectivity index (χ3n) is 12.1. The van der Waals surface area contributed by atoms with Crippen molar-refractivity contribution in [3.05, 3.63) is 95.0 Å². The molecule has 1 aliphatic carbocycles. The Morgan fingerprint density at radius 2 is 1.60 bits per heavy atom. The molecule has 2 aromatic carbocycles. The lowest BCUT2D eigenvalue weighted by atomic mass is 9.89. The molecule has 60 heavy (non-hydrogen) atoms. The van der Waals surface area contributed by atoms with Crippen molar-refractivity contribution in [2.24, 2.45) is 5.92 Å². The fourth-order valence-electron chi connectivity index (χ4n) is 8.91. The minimum Gasteiger partial charge on any atom is -0.374 e. The van der Waals surface area contributed by atoms with E-state index in [0.29, 0.717) is 55.7 Å². The zero-order chi connectivity index (χ0) is 42.0. The molecule has 1 saturated carbocycles. The molecule has 3 saturated heterocycles. The number of piperidine rings is 3. The van der Waals surface area contributed by atoms with Crippen LogP contribution in [-0.4, -0.2) is 93.4 Å². The largest absolute Gasteiger partial charge is 0.374 e. The van der Waals surface area contributed by atoms with E-state index in [1.807, 2.05) is 0 Å². The highest BCUT2D eigenvalue weighted by Crippen LogP contribution is 2.37. The van der Waals surface area contributed by atoms with Gasteiger partial charge in [0, 0.05) is 60.2 Å². The van der Waals surface area contributed by atoms with Gasteiger partial charge in [-0.3, -0.25) is 34.0 Å². The van der Waals surface area contributed by atoms with Crippen LogP contribution in [0.4, 0.5) is 34.9 Å². The molecule has 2 aromatic heterocycles. The lowest BCUT2D eigenvalue weighted by Gasteiger charge is -2.46. The second-order valence-corrected chi connectivity index (χ2v) is 16.2. The number of hydrogen-bond acceptors (Lipinski definition) is 10. The number of likely N-dealkylation sites (tertiary alicyclic amines) is 1. The van der Waals surface area contributed by atoms with Crippen LogP contribution in [0.2, 0.25) is 0 Å². The van der Waals surface area contributed by atoms with Crippen LogP contribution >= 0.6 is 0 Å². The summed E-state index contributed by atoms with van der Waals surface area (Å²) in [5, 5.41) is 11.7. The van der Waals surface area contributed by atoms with Crippen molar-refractivity contribution >= 4 is 35.0 Å². The molecule has 4 N–H and O–H groups in total. The molecule has 4 fully saturated rings. The van der Waals surface area contributed by atoms with Crippen LogP contribution in [0.25, 0.3) is 16.9 Å². The summed E-state index contributed by atoms with van der Waals surface area (Å²) in [4.78, 5) is 61.0. The van der Waals surface area contributed by atoms with Gasteiger partial charge in [-0.15, -0.1) is 0 Å². The number of pyridine rings is 1. The summed E-state index contributed by atoms with van der Waals surface area (Å²) in [5.74, 6) is -5.30. The van der Waals surface area contributed by atoms with Crippen molar-refractivity contribution in [1.82, 2.24) is 30.1 Å². The Morgan fingerprint density at radius 1 is 0.817 bits per heavy atom. The van der Waals surface area contributed by atoms with E-state index in [0.717, 1.165) is 19.0 Å². The van der Waals surface area contributed by atoms with Crippen LogP contribution < -0.4 is 31.7 Å². The lowest BCUT2D eigenvalue weighted by molar-refractivity contribution is -0.134. The van der Waals surface area contributed by atoms with E-state index in [-0.39, 0.29) is 78.5 Å². The predicted octanol–water partition coefficient (Wildman–Crippen LogP) is 5.26. The summed E-state index contributed by atoms with van der Waals surface area (Å²) in [5.41, 5.74) is 1.36. The molecule has 0 bridgehead atoms. The quantitative estimate of drug-likeness (QED) is 0.123. The number of carbonyl (C=O) groups excluding carboxylic acids is 3. The van der Waals surface area contributed by atoms with Gasteiger partial charge < -0.3 is 20.9 Å². The van der Waals surface area contributed by atoms with Crippen molar-refractivity contribution in [2.45, 2.75) is 87.9 Å². The molecular weight excluding hydrogens is 783 g/mol. The Kier molecular flexibility index (Phi) is 11.9. The Hall–Kier alpha value is -5.84.